The third kappa shape index (κ3) is 2.35. The number of anilines is 3. The average molecular weight is 313 g/mol. The van der Waals surface area contributed by atoms with E-state index in [9.17, 15) is 4.79 Å². The molecular weight excluding hydrogens is 298 g/mol. The number of aromatic nitrogens is 4. The molecule has 0 atom stereocenters. The Hall–Kier alpha value is -3.10. The number of aryl methyl sites for hydroxylation is 1. The Morgan fingerprint density at radius 3 is 3.13 bits per heavy atom. The molecule has 0 saturated heterocycles. The zero-order valence-corrected chi connectivity index (χ0v) is 12.5. The van der Waals surface area contributed by atoms with Crippen molar-refractivity contribution in [3.8, 4) is 0 Å². The van der Waals surface area contributed by atoms with E-state index in [1.165, 1.54) is 6.20 Å². The summed E-state index contributed by atoms with van der Waals surface area (Å²) in [5, 5.41) is 13.2. The van der Waals surface area contributed by atoms with Crippen molar-refractivity contribution in [2.75, 3.05) is 24.2 Å². The summed E-state index contributed by atoms with van der Waals surface area (Å²) in [5.41, 5.74) is 0.907. The van der Waals surface area contributed by atoms with E-state index in [1.807, 2.05) is 0 Å². The fraction of sp³-hybridized carbons (Fsp3) is 0.286. The van der Waals surface area contributed by atoms with Crippen LogP contribution in [0.3, 0.4) is 0 Å². The Morgan fingerprint density at radius 2 is 2.26 bits per heavy atom. The molecule has 9 heteroatoms. The van der Waals surface area contributed by atoms with Crippen molar-refractivity contribution in [3.63, 3.8) is 0 Å². The minimum Gasteiger partial charge on any atom is -0.447 e. The maximum atomic E-state index is 12.3. The van der Waals surface area contributed by atoms with Gasteiger partial charge in [-0.05, 0) is 6.42 Å². The fourth-order valence-corrected chi connectivity index (χ4v) is 2.52. The Kier molecular flexibility index (Phi) is 3.11. The van der Waals surface area contributed by atoms with E-state index in [1.54, 1.807) is 23.9 Å². The highest BCUT2D eigenvalue weighted by atomic mass is 16.3. The third-order valence-corrected chi connectivity index (χ3v) is 3.63. The van der Waals surface area contributed by atoms with E-state index in [-0.39, 0.29) is 5.91 Å². The lowest BCUT2D eigenvalue weighted by Gasteiger charge is -2.08. The molecule has 9 nitrogen and oxygen atoms in total. The molecule has 3 aromatic rings. The summed E-state index contributed by atoms with van der Waals surface area (Å²) in [6.07, 6.45) is 4.47. The number of nitrogens with one attached hydrogen (secondary N) is 3. The number of amides is 1. The molecule has 0 radical (unpaired) electrons. The summed E-state index contributed by atoms with van der Waals surface area (Å²) in [5.74, 6) is 2.27. The van der Waals surface area contributed by atoms with Gasteiger partial charge in [-0.25, -0.2) is 4.98 Å². The highest BCUT2D eigenvalue weighted by Gasteiger charge is 2.18. The van der Waals surface area contributed by atoms with Crippen molar-refractivity contribution in [1.29, 1.82) is 0 Å². The van der Waals surface area contributed by atoms with Gasteiger partial charge in [-0.1, -0.05) is 0 Å². The SMILES string of the molecule is CNc1cc2nc3c(cnn13)C(=O)NCCCc1nc(co1)N2. The summed E-state index contributed by atoms with van der Waals surface area (Å²) in [6, 6.07) is 1.79. The van der Waals surface area contributed by atoms with Crippen molar-refractivity contribution in [1.82, 2.24) is 24.9 Å². The maximum absolute atomic E-state index is 12.3. The van der Waals surface area contributed by atoms with Crippen molar-refractivity contribution in [2.45, 2.75) is 12.8 Å². The zero-order valence-electron chi connectivity index (χ0n) is 12.5. The second kappa shape index (κ2) is 5.27. The number of fused-ring (bicyclic) bond motifs is 3. The molecule has 4 rings (SSSR count). The summed E-state index contributed by atoms with van der Waals surface area (Å²) in [7, 11) is 1.78. The Labute approximate surface area is 131 Å². The molecule has 0 aromatic carbocycles. The van der Waals surface area contributed by atoms with Crippen molar-refractivity contribution >= 4 is 29.0 Å². The minimum absolute atomic E-state index is 0.196. The fourth-order valence-electron chi connectivity index (χ4n) is 2.52. The van der Waals surface area contributed by atoms with Crippen LogP contribution in [0.1, 0.15) is 22.7 Å². The van der Waals surface area contributed by atoms with Crippen LogP contribution in [0.5, 0.6) is 0 Å². The van der Waals surface area contributed by atoms with Crippen LogP contribution in [-0.4, -0.2) is 39.1 Å². The van der Waals surface area contributed by atoms with Gasteiger partial charge in [0.15, 0.2) is 17.4 Å². The van der Waals surface area contributed by atoms with Gasteiger partial charge >= 0.3 is 0 Å². The number of nitrogens with zero attached hydrogens (tertiary/aromatic N) is 4. The summed E-state index contributed by atoms with van der Waals surface area (Å²) >= 11 is 0. The van der Waals surface area contributed by atoms with Crippen LogP contribution >= 0.6 is 0 Å². The van der Waals surface area contributed by atoms with Crippen LogP contribution < -0.4 is 16.0 Å². The van der Waals surface area contributed by atoms with Gasteiger partial charge in [-0.15, -0.1) is 0 Å². The topological polar surface area (TPSA) is 109 Å². The molecule has 0 spiro atoms. The van der Waals surface area contributed by atoms with Crippen LogP contribution in [0.4, 0.5) is 17.5 Å². The quantitative estimate of drug-likeness (QED) is 0.619. The number of hydrogen-bond donors (Lipinski definition) is 3. The van der Waals surface area contributed by atoms with Crippen LogP contribution in [-0.2, 0) is 6.42 Å². The molecule has 23 heavy (non-hydrogen) atoms. The molecule has 118 valence electrons. The lowest BCUT2D eigenvalue weighted by atomic mass is 10.2. The second-order valence-corrected chi connectivity index (χ2v) is 5.18. The van der Waals surface area contributed by atoms with Crippen LogP contribution in [0, 0.1) is 0 Å². The molecule has 0 saturated carbocycles. The first-order chi connectivity index (χ1) is 11.2. The molecule has 1 aliphatic rings. The van der Waals surface area contributed by atoms with Gasteiger partial charge in [0, 0.05) is 26.1 Å². The number of rotatable bonds is 1. The van der Waals surface area contributed by atoms with Crippen molar-refractivity contribution < 1.29 is 9.21 Å². The van der Waals surface area contributed by atoms with Gasteiger partial charge in [-0.3, -0.25) is 4.79 Å². The van der Waals surface area contributed by atoms with E-state index in [2.05, 4.69) is 31.0 Å². The number of carbonyl (C=O) groups excluding carboxylic acids is 1. The normalized spacial score (nSPS) is 14.6. The smallest absolute Gasteiger partial charge is 0.256 e. The number of hydrogen-bond acceptors (Lipinski definition) is 7. The molecule has 3 N–H and O–H groups in total. The first-order valence-electron chi connectivity index (χ1n) is 7.31. The largest absolute Gasteiger partial charge is 0.447 e. The van der Waals surface area contributed by atoms with Gasteiger partial charge in [0.1, 0.15) is 23.5 Å². The Balaban J connectivity index is 1.88. The van der Waals surface area contributed by atoms with Crippen molar-refractivity contribution in [3.05, 3.63) is 30.0 Å². The zero-order chi connectivity index (χ0) is 15.8. The molecular formula is C14H15N7O2. The predicted molar refractivity (Wildman–Crippen MR) is 83.0 cm³/mol. The van der Waals surface area contributed by atoms with E-state index < -0.39 is 0 Å². The van der Waals surface area contributed by atoms with Crippen LogP contribution in [0.15, 0.2) is 22.9 Å². The van der Waals surface area contributed by atoms with Crippen LogP contribution in [0.25, 0.3) is 5.65 Å². The third-order valence-electron chi connectivity index (χ3n) is 3.63. The van der Waals surface area contributed by atoms with E-state index >= 15 is 0 Å². The van der Waals surface area contributed by atoms with E-state index in [4.69, 9.17) is 4.42 Å². The molecule has 4 bridgehead atoms. The molecule has 0 unspecified atom stereocenters. The standard InChI is InChI=1S/C14H15N7O2/c1-15-11-5-9-18-10-7-23-12(19-10)3-2-4-16-14(22)8-6-17-21(11)13(8)20-9/h5-7,15H,2-4H2,1H3,(H,16,22)(H,18,20). The first kappa shape index (κ1) is 13.6. The van der Waals surface area contributed by atoms with Gasteiger partial charge in [0.05, 0.1) is 6.20 Å². The first-order valence-corrected chi connectivity index (χ1v) is 7.31. The highest BCUT2D eigenvalue weighted by Crippen LogP contribution is 2.22. The second-order valence-electron chi connectivity index (χ2n) is 5.18. The van der Waals surface area contributed by atoms with Gasteiger partial charge in [0.25, 0.3) is 5.91 Å². The van der Waals surface area contributed by atoms with Crippen molar-refractivity contribution in [2.24, 2.45) is 0 Å². The van der Waals surface area contributed by atoms with Gasteiger partial charge < -0.3 is 20.4 Å². The van der Waals surface area contributed by atoms with Gasteiger partial charge in [0.2, 0.25) is 0 Å². The lowest BCUT2D eigenvalue weighted by molar-refractivity contribution is 0.0954. The maximum Gasteiger partial charge on any atom is 0.256 e. The molecule has 1 amide bonds. The van der Waals surface area contributed by atoms with E-state index in [0.29, 0.717) is 47.5 Å². The minimum atomic E-state index is -0.196. The van der Waals surface area contributed by atoms with Crippen LogP contribution in [0.2, 0.25) is 0 Å². The molecule has 3 aromatic heterocycles. The Morgan fingerprint density at radius 1 is 1.35 bits per heavy atom. The van der Waals surface area contributed by atoms with E-state index in [0.717, 1.165) is 6.42 Å². The summed E-state index contributed by atoms with van der Waals surface area (Å²) in [4.78, 5) is 21.2. The Bertz CT molecular complexity index is 883. The highest BCUT2D eigenvalue weighted by molar-refractivity contribution is 6.00. The summed E-state index contributed by atoms with van der Waals surface area (Å²) < 4.78 is 7.00. The predicted octanol–water partition coefficient (Wildman–Crippen LogP) is 1.18. The molecule has 0 fully saturated rings. The molecule has 0 aliphatic carbocycles. The lowest BCUT2D eigenvalue weighted by Crippen LogP contribution is -2.24. The molecule has 1 aliphatic heterocycles. The summed E-state index contributed by atoms with van der Waals surface area (Å²) in [6.45, 7) is 0.528. The number of carbonyl (C=O) groups is 1. The molecule has 4 heterocycles. The van der Waals surface area contributed by atoms with Gasteiger partial charge in [-0.2, -0.15) is 14.6 Å². The average Bonchev–Trinajstić information content (AvgIpc) is 3.17. The number of oxazole rings is 1. The monoisotopic (exact) mass is 313 g/mol.